The van der Waals surface area contributed by atoms with Gasteiger partial charge in [-0.3, -0.25) is 14.2 Å². The standard InChI is InChI=1S/C23H27N3O4S/c1-4-16-7-9-17(10-8-16)26-21(28)20-14(2)15(3)31-22(20)25(23(26)29)13-19(27)24-12-18-6-5-11-30-18/h7-10,18H,4-6,11-13H2,1-3H3,(H,24,27)/t18-/m0/s1. The summed E-state index contributed by atoms with van der Waals surface area (Å²) in [5.74, 6) is -0.269. The molecule has 0 saturated carbocycles. The van der Waals surface area contributed by atoms with Gasteiger partial charge in [-0.1, -0.05) is 19.1 Å². The van der Waals surface area contributed by atoms with Crippen molar-refractivity contribution in [3.05, 3.63) is 61.1 Å². The number of fused-ring (bicyclic) bond motifs is 1. The molecule has 3 heterocycles. The average molecular weight is 442 g/mol. The second-order valence-corrected chi connectivity index (χ2v) is 9.13. The van der Waals surface area contributed by atoms with Crippen LogP contribution >= 0.6 is 11.3 Å². The quantitative estimate of drug-likeness (QED) is 0.638. The van der Waals surface area contributed by atoms with Crippen LogP contribution in [0.1, 0.15) is 35.8 Å². The van der Waals surface area contributed by atoms with Crippen molar-refractivity contribution in [1.82, 2.24) is 14.5 Å². The molecule has 1 atom stereocenters. The van der Waals surface area contributed by atoms with Gasteiger partial charge in [-0.25, -0.2) is 9.36 Å². The first kappa shape index (κ1) is 21.5. The fourth-order valence-corrected chi connectivity index (χ4v) is 5.08. The van der Waals surface area contributed by atoms with Crippen LogP contribution in [0.15, 0.2) is 33.9 Å². The van der Waals surface area contributed by atoms with E-state index in [4.69, 9.17) is 4.74 Å². The van der Waals surface area contributed by atoms with Crippen molar-refractivity contribution < 1.29 is 9.53 Å². The maximum Gasteiger partial charge on any atom is 0.337 e. The Labute approximate surface area is 184 Å². The van der Waals surface area contributed by atoms with E-state index in [1.54, 1.807) is 12.1 Å². The van der Waals surface area contributed by atoms with E-state index in [1.165, 1.54) is 20.5 Å². The fraction of sp³-hybridized carbons (Fsp3) is 0.435. The summed E-state index contributed by atoms with van der Waals surface area (Å²) < 4.78 is 8.14. The number of carbonyl (C=O) groups is 1. The Kier molecular flexibility index (Phi) is 6.11. The lowest BCUT2D eigenvalue weighted by Crippen LogP contribution is -2.42. The van der Waals surface area contributed by atoms with Gasteiger partial charge in [0.1, 0.15) is 11.4 Å². The summed E-state index contributed by atoms with van der Waals surface area (Å²) in [5.41, 5.74) is 1.62. The van der Waals surface area contributed by atoms with E-state index in [0.717, 1.165) is 41.9 Å². The highest BCUT2D eigenvalue weighted by Gasteiger charge is 2.22. The highest BCUT2D eigenvalue weighted by atomic mass is 32.1. The van der Waals surface area contributed by atoms with Crippen molar-refractivity contribution in [2.75, 3.05) is 13.2 Å². The number of aryl methyl sites for hydroxylation is 3. The largest absolute Gasteiger partial charge is 0.376 e. The third-order valence-electron chi connectivity index (χ3n) is 5.91. The van der Waals surface area contributed by atoms with Gasteiger partial charge in [-0.2, -0.15) is 0 Å². The molecule has 1 saturated heterocycles. The van der Waals surface area contributed by atoms with Gasteiger partial charge in [-0.05, 0) is 56.4 Å². The van der Waals surface area contributed by atoms with Crippen molar-refractivity contribution in [1.29, 1.82) is 0 Å². The maximum atomic E-state index is 13.4. The van der Waals surface area contributed by atoms with Gasteiger partial charge in [0.05, 0.1) is 17.2 Å². The van der Waals surface area contributed by atoms with Crippen molar-refractivity contribution >= 4 is 27.5 Å². The molecule has 0 bridgehead atoms. The predicted octanol–water partition coefficient (Wildman–Crippen LogP) is 2.69. The molecule has 0 unspecified atom stereocenters. The zero-order valence-corrected chi connectivity index (χ0v) is 18.9. The fourth-order valence-electron chi connectivity index (χ4n) is 3.94. The first-order valence-corrected chi connectivity index (χ1v) is 11.5. The van der Waals surface area contributed by atoms with Gasteiger partial charge in [0.25, 0.3) is 5.56 Å². The van der Waals surface area contributed by atoms with Gasteiger partial charge in [0.15, 0.2) is 0 Å². The topological polar surface area (TPSA) is 82.3 Å². The summed E-state index contributed by atoms with van der Waals surface area (Å²) in [6, 6.07) is 7.39. The number of hydrogen-bond donors (Lipinski definition) is 1. The number of amides is 1. The number of nitrogens with one attached hydrogen (secondary N) is 1. The minimum absolute atomic E-state index is 0.0259. The highest BCUT2D eigenvalue weighted by molar-refractivity contribution is 7.18. The lowest BCUT2D eigenvalue weighted by Gasteiger charge is -2.14. The zero-order chi connectivity index (χ0) is 22.1. The third-order valence-corrected chi connectivity index (χ3v) is 7.14. The summed E-state index contributed by atoms with van der Waals surface area (Å²) >= 11 is 1.37. The molecule has 0 spiro atoms. The molecular formula is C23H27N3O4S. The van der Waals surface area contributed by atoms with E-state index < -0.39 is 5.69 Å². The van der Waals surface area contributed by atoms with Gasteiger partial charge < -0.3 is 10.1 Å². The number of ether oxygens (including phenoxy) is 1. The Hall–Kier alpha value is -2.71. The maximum absolute atomic E-state index is 13.4. The Bertz CT molecular complexity index is 1230. The molecule has 164 valence electrons. The molecule has 1 aliphatic heterocycles. The minimum Gasteiger partial charge on any atom is -0.376 e. The molecule has 8 heteroatoms. The average Bonchev–Trinajstić information content (AvgIpc) is 3.38. The molecule has 1 aromatic carbocycles. The normalized spacial score (nSPS) is 16.2. The van der Waals surface area contributed by atoms with Crippen LogP contribution in [0, 0.1) is 13.8 Å². The molecule has 1 N–H and O–H groups in total. The number of thiophene rings is 1. The third kappa shape index (κ3) is 4.09. The van der Waals surface area contributed by atoms with E-state index in [0.29, 0.717) is 22.4 Å². The monoisotopic (exact) mass is 441 g/mol. The molecule has 1 amide bonds. The van der Waals surface area contributed by atoms with Crippen LogP contribution in [0.25, 0.3) is 15.9 Å². The van der Waals surface area contributed by atoms with E-state index in [-0.39, 0.29) is 24.1 Å². The SMILES string of the molecule is CCc1ccc(-n2c(=O)c3c(C)c(C)sc3n(CC(=O)NC[C@@H]3CCCO3)c2=O)cc1. The first-order chi connectivity index (χ1) is 14.9. The van der Waals surface area contributed by atoms with Crippen molar-refractivity contribution in [2.24, 2.45) is 0 Å². The molecule has 1 aliphatic rings. The lowest BCUT2D eigenvalue weighted by molar-refractivity contribution is -0.122. The molecule has 3 aromatic rings. The second-order valence-electron chi connectivity index (χ2n) is 7.93. The van der Waals surface area contributed by atoms with E-state index in [2.05, 4.69) is 5.32 Å². The Morgan fingerprint density at radius 1 is 1.23 bits per heavy atom. The van der Waals surface area contributed by atoms with Crippen LogP contribution in [0.4, 0.5) is 0 Å². The van der Waals surface area contributed by atoms with Gasteiger partial charge in [0, 0.05) is 18.0 Å². The highest BCUT2D eigenvalue weighted by Crippen LogP contribution is 2.27. The number of aromatic nitrogens is 2. The van der Waals surface area contributed by atoms with Crippen molar-refractivity contribution in [3.8, 4) is 5.69 Å². The lowest BCUT2D eigenvalue weighted by atomic mass is 10.1. The number of carbonyl (C=O) groups excluding carboxylic acids is 1. The molecule has 4 rings (SSSR count). The second kappa shape index (κ2) is 8.80. The number of rotatable bonds is 6. The van der Waals surface area contributed by atoms with Gasteiger partial charge >= 0.3 is 5.69 Å². The Morgan fingerprint density at radius 3 is 2.61 bits per heavy atom. The van der Waals surface area contributed by atoms with Crippen molar-refractivity contribution in [3.63, 3.8) is 0 Å². The zero-order valence-electron chi connectivity index (χ0n) is 18.1. The molecule has 31 heavy (non-hydrogen) atoms. The van der Waals surface area contributed by atoms with E-state index in [1.807, 2.05) is 32.9 Å². The summed E-state index contributed by atoms with van der Waals surface area (Å²) in [5, 5.41) is 3.36. The summed E-state index contributed by atoms with van der Waals surface area (Å²) in [6.07, 6.45) is 2.81. The van der Waals surface area contributed by atoms with Crippen LogP contribution in [0.3, 0.4) is 0 Å². The van der Waals surface area contributed by atoms with E-state index >= 15 is 0 Å². The summed E-state index contributed by atoms with van der Waals surface area (Å²) in [4.78, 5) is 40.9. The smallest absolute Gasteiger partial charge is 0.337 e. The van der Waals surface area contributed by atoms with E-state index in [9.17, 15) is 14.4 Å². The van der Waals surface area contributed by atoms with Gasteiger partial charge in [-0.15, -0.1) is 11.3 Å². The number of nitrogens with zero attached hydrogens (tertiary/aromatic N) is 2. The molecule has 7 nitrogen and oxygen atoms in total. The Balaban J connectivity index is 1.78. The molecule has 0 aliphatic carbocycles. The first-order valence-electron chi connectivity index (χ1n) is 10.6. The summed E-state index contributed by atoms with van der Waals surface area (Å²) in [7, 11) is 0. The van der Waals surface area contributed by atoms with Gasteiger partial charge in [0.2, 0.25) is 5.91 Å². The van der Waals surface area contributed by atoms with Crippen LogP contribution < -0.4 is 16.6 Å². The molecule has 1 fully saturated rings. The number of benzene rings is 1. The molecular weight excluding hydrogens is 414 g/mol. The Morgan fingerprint density at radius 2 is 1.97 bits per heavy atom. The van der Waals surface area contributed by atoms with Crippen LogP contribution in [-0.2, 0) is 22.5 Å². The molecule has 2 aromatic heterocycles. The van der Waals surface area contributed by atoms with Crippen LogP contribution in [0.5, 0.6) is 0 Å². The minimum atomic E-state index is -0.504. The van der Waals surface area contributed by atoms with Crippen molar-refractivity contribution in [2.45, 2.75) is 52.7 Å². The molecule has 0 radical (unpaired) electrons. The number of hydrogen-bond acceptors (Lipinski definition) is 5. The van der Waals surface area contributed by atoms with Crippen LogP contribution in [0.2, 0.25) is 0 Å². The predicted molar refractivity (Wildman–Crippen MR) is 123 cm³/mol. The summed E-state index contributed by atoms with van der Waals surface area (Å²) in [6.45, 7) is 6.85. The van der Waals surface area contributed by atoms with Crippen LogP contribution in [-0.4, -0.2) is 34.3 Å².